The van der Waals surface area contributed by atoms with E-state index in [1.165, 1.54) is 6.42 Å². The highest BCUT2D eigenvalue weighted by molar-refractivity contribution is 5.23. The van der Waals surface area contributed by atoms with Gasteiger partial charge in [-0.15, -0.1) is 6.42 Å². The summed E-state index contributed by atoms with van der Waals surface area (Å²) < 4.78 is 11.1. The van der Waals surface area contributed by atoms with Crippen LogP contribution in [-0.4, -0.2) is 19.0 Å². The van der Waals surface area contributed by atoms with E-state index >= 15 is 0 Å². The van der Waals surface area contributed by atoms with Gasteiger partial charge in [0, 0.05) is 6.61 Å². The Morgan fingerprint density at radius 1 is 1.57 bits per heavy atom. The molecule has 0 aromatic carbocycles. The highest BCUT2D eigenvalue weighted by Crippen LogP contribution is 2.16. The van der Waals surface area contributed by atoms with Crippen LogP contribution < -0.4 is 0 Å². The third-order valence-electron chi connectivity index (χ3n) is 2.13. The molecule has 14 heavy (non-hydrogen) atoms. The Kier molecular flexibility index (Phi) is 5.15. The van der Waals surface area contributed by atoms with Gasteiger partial charge in [-0.05, 0) is 37.5 Å². The van der Waals surface area contributed by atoms with E-state index in [4.69, 9.17) is 15.9 Å². The molecule has 0 saturated carbocycles. The molecule has 0 aliphatic carbocycles. The second-order valence-electron chi connectivity index (χ2n) is 3.24. The highest BCUT2D eigenvalue weighted by atomic mass is 16.7. The number of hydrogen-bond donors (Lipinski definition) is 0. The Labute approximate surface area is 86.0 Å². The molecule has 0 aromatic heterocycles. The largest absolute Gasteiger partial charge is 0.353 e. The van der Waals surface area contributed by atoms with Crippen molar-refractivity contribution in [2.24, 2.45) is 0 Å². The van der Waals surface area contributed by atoms with Crippen LogP contribution in [0.5, 0.6) is 0 Å². The van der Waals surface area contributed by atoms with Gasteiger partial charge in [-0.25, -0.2) is 0 Å². The van der Waals surface area contributed by atoms with Crippen molar-refractivity contribution in [3.8, 4) is 24.2 Å². The normalized spacial score (nSPS) is 23.0. The molecule has 2 unspecified atom stereocenters. The molecule has 0 radical (unpaired) electrons. The third-order valence-corrected chi connectivity index (χ3v) is 2.13. The van der Waals surface area contributed by atoms with E-state index < -0.39 is 0 Å². The van der Waals surface area contributed by atoms with Gasteiger partial charge in [0.05, 0.1) is 0 Å². The summed E-state index contributed by atoms with van der Waals surface area (Å²) in [5, 5.41) is 0. The predicted octanol–water partition coefficient (Wildman–Crippen LogP) is 1.94. The van der Waals surface area contributed by atoms with Crippen molar-refractivity contribution in [3.63, 3.8) is 0 Å². The van der Waals surface area contributed by atoms with Crippen LogP contribution in [0.2, 0.25) is 0 Å². The lowest BCUT2D eigenvalue weighted by atomic mass is 10.2. The fraction of sp³-hybridized carbons (Fsp3) is 0.667. The molecule has 76 valence electrons. The van der Waals surface area contributed by atoms with E-state index in [0.717, 1.165) is 25.9 Å². The second kappa shape index (κ2) is 6.49. The second-order valence-corrected chi connectivity index (χ2v) is 3.24. The molecule has 1 fully saturated rings. The van der Waals surface area contributed by atoms with Crippen molar-refractivity contribution in [2.75, 3.05) is 6.61 Å². The molecule has 1 aliphatic heterocycles. The fourth-order valence-electron chi connectivity index (χ4n) is 1.36. The van der Waals surface area contributed by atoms with Gasteiger partial charge in [-0.2, -0.15) is 0 Å². The van der Waals surface area contributed by atoms with Gasteiger partial charge in [-0.1, -0.05) is 12.8 Å². The summed E-state index contributed by atoms with van der Waals surface area (Å²) in [5.41, 5.74) is 0. The molecule has 2 atom stereocenters. The molecule has 0 bridgehead atoms. The zero-order valence-electron chi connectivity index (χ0n) is 8.58. The van der Waals surface area contributed by atoms with Gasteiger partial charge in [0.1, 0.15) is 6.10 Å². The van der Waals surface area contributed by atoms with Crippen molar-refractivity contribution in [3.05, 3.63) is 0 Å². The van der Waals surface area contributed by atoms with Crippen LogP contribution in [0.25, 0.3) is 0 Å². The van der Waals surface area contributed by atoms with Crippen molar-refractivity contribution in [1.29, 1.82) is 0 Å². The minimum atomic E-state index is -0.0888. The Bertz CT molecular complexity index is 248. The first kappa shape index (κ1) is 11.1. The summed E-state index contributed by atoms with van der Waals surface area (Å²) in [6, 6.07) is 0. The standard InChI is InChI=1S/C12H16O2/c1-3-5-8-11(4-2)14-12-9-6-7-10-13-12/h1,11-12H,4,6-7,9-10H2,2H3. The van der Waals surface area contributed by atoms with Gasteiger partial charge in [0.25, 0.3) is 0 Å². The lowest BCUT2D eigenvalue weighted by Gasteiger charge is -2.24. The first-order valence-corrected chi connectivity index (χ1v) is 5.10. The fourth-order valence-corrected chi connectivity index (χ4v) is 1.36. The maximum Gasteiger partial charge on any atom is 0.159 e. The Morgan fingerprint density at radius 2 is 2.43 bits per heavy atom. The average Bonchev–Trinajstić information content (AvgIpc) is 2.25. The molecule has 0 amide bonds. The van der Waals surface area contributed by atoms with Crippen molar-refractivity contribution in [2.45, 2.75) is 45.0 Å². The SMILES string of the molecule is C#CC#CC(CC)OC1CCCCO1. The van der Waals surface area contributed by atoms with Crippen LogP contribution in [0.15, 0.2) is 0 Å². The van der Waals surface area contributed by atoms with E-state index in [0.29, 0.717) is 0 Å². The van der Waals surface area contributed by atoms with E-state index in [1.54, 1.807) is 0 Å². The first-order valence-electron chi connectivity index (χ1n) is 5.10. The predicted molar refractivity (Wildman–Crippen MR) is 55.4 cm³/mol. The third kappa shape index (κ3) is 3.83. The summed E-state index contributed by atoms with van der Waals surface area (Å²) in [5.74, 6) is 7.75. The number of hydrogen-bond acceptors (Lipinski definition) is 2. The molecule has 1 saturated heterocycles. The molecule has 1 heterocycles. The van der Waals surface area contributed by atoms with E-state index in [2.05, 4.69) is 17.8 Å². The Morgan fingerprint density at radius 3 is 3.00 bits per heavy atom. The lowest BCUT2D eigenvalue weighted by molar-refractivity contribution is -0.176. The summed E-state index contributed by atoms with van der Waals surface area (Å²) in [7, 11) is 0. The maximum atomic E-state index is 5.65. The van der Waals surface area contributed by atoms with Gasteiger partial charge >= 0.3 is 0 Å². The molecule has 0 N–H and O–H groups in total. The summed E-state index contributed by atoms with van der Waals surface area (Å²) in [6.45, 7) is 2.82. The van der Waals surface area contributed by atoms with Gasteiger partial charge in [0.2, 0.25) is 0 Å². The van der Waals surface area contributed by atoms with Crippen LogP contribution in [0.1, 0.15) is 32.6 Å². The highest BCUT2D eigenvalue weighted by Gasteiger charge is 2.17. The lowest BCUT2D eigenvalue weighted by Crippen LogP contribution is -2.26. The van der Waals surface area contributed by atoms with E-state index in [-0.39, 0.29) is 12.4 Å². The summed E-state index contributed by atoms with van der Waals surface area (Å²) in [4.78, 5) is 0. The monoisotopic (exact) mass is 192 g/mol. The first-order chi connectivity index (χ1) is 6.86. The smallest absolute Gasteiger partial charge is 0.159 e. The van der Waals surface area contributed by atoms with Crippen molar-refractivity contribution in [1.82, 2.24) is 0 Å². The van der Waals surface area contributed by atoms with Crippen molar-refractivity contribution < 1.29 is 9.47 Å². The van der Waals surface area contributed by atoms with Gasteiger partial charge in [-0.3, -0.25) is 0 Å². The topological polar surface area (TPSA) is 18.5 Å². The number of terminal acetylenes is 1. The van der Waals surface area contributed by atoms with E-state index in [9.17, 15) is 0 Å². The van der Waals surface area contributed by atoms with Crippen molar-refractivity contribution >= 4 is 0 Å². The van der Waals surface area contributed by atoms with Crippen LogP contribution in [0.3, 0.4) is 0 Å². The van der Waals surface area contributed by atoms with Crippen LogP contribution in [0, 0.1) is 24.2 Å². The van der Waals surface area contributed by atoms with E-state index in [1.807, 2.05) is 6.92 Å². The quantitative estimate of drug-likeness (QED) is 0.636. The summed E-state index contributed by atoms with van der Waals surface area (Å²) in [6.07, 6.45) is 8.99. The maximum absolute atomic E-state index is 5.65. The van der Waals surface area contributed by atoms with Crippen LogP contribution in [0.4, 0.5) is 0 Å². The number of ether oxygens (including phenoxy) is 2. The summed E-state index contributed by atoms with van der Waals surface area (Å²) >= 11 is 0. The minimum absolute atomic E-state index is 0.0826. The molecule has 0 spiro atoms. The Hall–Kier alpha value is -0.960. The Balaban J connectivity index is 2.35. The van der Waals surface area contributed by atoms with Crippen LogP contribution >= 0.6 is 0 Å². The molecule has 1 aliphatic rings. The number of rotatable bonds is 3. The molecular weight excluding hydrogens is 176 g/mol. The minimum Gasteiger partial charge on any atom is -0.353 e. The van der Waals surface area contributed by atoms with Gasteiger partial charge in [0.15, 0.2) is 6.29 Å². The molecule has 2 heteroatoms. The van der Waals surface area contributed by atoms with Crippen LogP contribution in [-0.2, 0) is 9.47 Å². The van der Waals surface area contributed by atoms with Gasteiger partial charge < -0.3 is 9.47 Å². The zero-order chi connectivity index (χ0) is 10.2. The zero-order valence-corrected chi connectivity index (χ0v) is 8.58. The average molecular weight is 192 g/mol. The molecule has 2 nitrogen and oxygen atoms in total. The molecule has 1 rings (SSSR count). The molecular formula is C12H16O2. The molecule has 0 aromatic rings.